The van der Waals surface area contributed by atoms with Crippen molar-refractivity contribution in [3.63, 3.8) is 0 Å². The van der Waals surface area contributed by atoms with Crippen molar-refractivity contribution in [2.75, 3.05) is 25.0 Å². The van der Waals surface area contributed by atoms with Crippen LogP contribution < -0.4 is 4.90 Å². The molecule has 0 saturated carbocycles. The minimum Gasteiger partial charge on any atom is -0.343 e. The molecule has 1 fully saturated rings. The Labute approximate surface area is 114 Å². The molecule has 5 nitrogen and oxygen atoms in total. The van der Waals surface area contributed by atoms with Crippen LogP contribution in [0.25, 0.3) is 0 Å². The van der Waals surface area contributed by atoms with E-state index in [-0.39, 0.29) is 5.91 Å². The highest BCUT2D eigenvalue weighted by molar-refractivity contribution is 5.73. The van der Waals surface area contributed by atoms with Crippen molar-refractivity contribution in [2.24, 2.45) is 0 Å². The van der Waals surface area contributed by atoms with E-state index in [1.165, 1.54) is 0 Å². The van der Waals surface area contributed by atoms with Gasteiger partial charge in [0.25, 0.3) is 0 Å². The number of piperidine rings is 1. The Morgan fingerprint density at radius 1 is 1.26 bits per heavy atom. The van der Waals surface area contributed by atoms with Crippen LogP contribution in [0.3, 0.4) is 0 Å². The molecule has 19 heavy (non-hydrogen) atoms. The van der Waals surface area contributed by atoms with Crippen molar-refractivity contribution >= 4 is 11.9 Å². The third-order valence-electron chi connectivity index (χ3n) is 3.76. The van der Waals surface area contributed by atoms with Gasteiger partial charge in [-0.2, -0.15) is 0 Å². The molecule has 1 aromatic heterocycles. The van der Waals surface area contributed by atoms with Gasteiger partial charge in [0.2, 0.25) is 11.9 Å². The fourth-order valence-electron chi connectivity index (χ4n) is 2.56. The average molecular weight is 262 g/mol. The van der Waals surface area contributed by atoms with Gasteiger partial charge < -0.3 is 9.80 Å². The lowest BCUT2D eigenvalue weighted by atomic mass is 10.0. The normalized spacial score (nSPS) is 16.5. The zero-order valence-corrected chi connectivity index (χ0v) is 12.2. The Morgan fingerprint density at radius 2 is 1.79 bits per heavy atom. The van der Waals surface area contributed by atoms with E-state index >= 15 is 0 Å². The molecular weight excluding hydrogens is 240 g/mol. The summed E-state index contributed by atoms with van der Waals surface area (Å²) in [6.07, 6.45) is 1.96. The molecule has 0 spiro atoms. The number of aryl methyl sites for hydroxylation is 2. The number of hydrogen-bond donors (Lipinski definition) is 0. The number of rotatable bonds is 2. The molecule has 1 saturated heterocycles. The van der Waals surface area contributed by atoms with Crippen molar-refractivity contribution in [3.8, 4) is 0 Å². The van der Waals surface area contributed by atoms with Crippen molar-refractivity contribution in [3.05, 3.63) is 17.5 Å². The first-order chi connectivity index (χ1) is 8.97. The van der Waals surface area contributed by atoms with E-state index in [4.69, 9.17) is 0 Å². The van der Waals surface area contributed by atoms with Gasteiger partial charge in [0, 0.05) is 44.5 Å². The number of nitrogens with zero attached hydrogens (tertiary/aromatic N) is 4. The topological polar surface area (TPSA) is 49.3 Å². The smallest absolute Gasteiger partial charge is 0.225 e. The molecule has 0 atom stereocenters. The molecule has 2 heterocycles. The van der Waals surface area contributed by atoms with E-state index in [2.05, 4.69) is 14.9 Å². The van der Waals surface area contributed by atoms with Crippen LogP contribution in [-0.4, -0.2) is 47.0 Å². The summed E-state index contributed by atoms with van der Waals surface area (Å²) in [5.74, 6) is 0.961. The maximum atomic E-state index is 11.4. The molecule has 2 rings (SSSR count). The molecule has 1 aliphatic rings. The maximum absolute atomic E-state index is 11.4. The third kappa shape index (κ3) is 3.22. The number of amides is 1. The number of anilines is 1. The quantitative estimate of drug-likeness (QED) is 0.811. The van der Waals surface area contributed by atoms with E-state index in [0.29, 0.717) is 6.04 Å². The summed E-state index contributed by atoms with van der Waals surface area (Å²) in [7, 11) is 1.88. The van der Waals surface area contributed by atoms with E-state index in [1.807, 2.05) is 31.9 Å². The summed E-state index contributed by atoms with van der Waals surface area (Å²) in [6, 6.07) is 2.33. The van der Waals surface area contributed by atoms with Crippen LogP contribution in [0.5, 0.6) is 0 Å². The minimum absolute atomic E-state index is 0.140. The number of hydrogen-bond acceptors (Lipinski definition) is 4. The fraction of sp³-hybridized carbons (Fsp3) is 0.643. The Bertz CT molecular complexity index is 446. The summed E-state index contributed by atoms with van der Waals surface area (Å²) < 4.78 is 0. The Hall–Kier alpha value is -1.65. The number of carbonyl (C=O) groups excluding carboxylic acids is 1. The second-order valence-electron chi connectivity index (χ2n) is 5.30. The van der Waals surface area contributed by atoms with Gasteiger partial charge in [0.05, 0.1) is 0 Å². The molecule has 0 aromatic carbocycles. The van der Waals surface area contributed by atoms with Crippen LogP contribution in [0.4, 0.5) is 5.95 Å². The average Bonchev–Trinajstić information content (AvgIpc) is 2.37. The van der Waals surface area contributed by atoms with E-state index in [9.17, 15) is 4.79 Å². The molecular formula is C14H22N4O. The van der Waals surface area contributed by atoms with Gasteiger partial charge in [-0.15, -0.1) is 0 Å². The van der Waals surface area contributed by atoms with E-state index < -0.39 is 0 Å². The molecule has 1 aromatic rings. The molecule has 0 bridgehead atoms. The van der Waals surface area contributed by atoms with Crippen LogP contribution >= 0.6 is 0 Å². The predicted octanol–water partition coefficient (Wildman–Crippen LogP) is 1.54. The van der Waals surface area contributed by atoms with Crippen molar-refractivity contribution in [1.29, 1.82) is 0 Å². The highest BCUT2D eigenvalue weighted by atomic mass is 16.2. The molecule has 0 unspecified atom stereocenters. The Balaban J connectivity index is 2.01. The van der Waals surface area contributed by atoms with Crippen LogP contribution in [-0.2, 0) is 4.79 Å². The summed E-state index contributed by atoms with van der Waals surface area (Å²) in [5.41, 5.74) is 2.01. The van der Waals surface area contributed by atoms with Crippen LogP contribution in [0.1, 0.15) is 31.2 Å². The molecule has 1 amide bonds. The molecule has 0 N–H and O–H groups in total. The summed E-state index contributed by atoms with van der Waals surface area (Å²) in [4.78, 5) is 24.4. The first-order valence-electron chi connectivity index (χ1n) is 6.78. The van der Waals surface area contributed by atoms with Gasteiger partial charge in [-0.1, -0.05) is 0 Å². The van der Waals surface area contributed by atoms with Gasteiger partial charge in [-0.3, -0.25) is 4.79 Å². The largest absolute Gasteiger partial charge is 0.343 e. The van der Waals surface area contributed by atoms with Gasteiger partial charge in [0.1, 0.15) is 0 Å². The monoisotopic (exact) mass is 262 g/mol. The highest BCUT2D eigenvalue weighted by Gasteiger charge is 2.25. The van der Waals surface area contributed by atoms with Crippen LogP contribution in [0.15, 0.2) is 6.07 Å². The lowest BCUT2D eigenvalue weighted by Gasteiger charge is -2.36. The second-order valence-corrected chi connectivity index (χ2v) is 5.30. The lowest BCUT2D eigenvalue weighted by molar-refractivity contribution is -0.129. The summed E-state index contributed by atoms with van der Waals surface area (Å²) in [5, 5.41) is 0. The fourth-order valence-corrected chi connectivity index (χ4v) is 2.56. The maximum Gasteiger partial charge on any atom is 0.225 e. The van der Waals surface area contributed by atoms with Gasteiger partial charge in [-0.25, -0.2) is 9.97 Å². The molecule has 104 valence electrons. The third-order valence-corrected chi connectivity index (χ3v) is 3.76. The highest BCUT2D eigenvalue weighted by Crippen LogP contribution is 2.19. The summed E-state index contributed by atoms with van der Waals surface area (Å²) >= 11 is 0. The van der Waals surface area contributed by atoms with Crippen LogP contribution in [0, 0.1) is 13.8 Å². The second kappa shape index (κ2) is 5.55. The van der Waals surface area contributed by atoms with Crippen LogP contribution in [0.2, 0.25) is 0 Å². The molecule has 0 radical (unpaired) electrons. The van der Waals surface area contributed by atoms with E-state index in [0.717, 1.165) is 43.3 Å². The Morgan fingerprint density at radius 3 is 2.26 bits per heavy atom. The van der Waals surface area contributed by atoms with Gasteiger partial charge in [0.15, 0.2) is 0 Å². The molecule has 1 aliphatic heterocycles. The molecule has 0 aliphatic carbocycles. The predicted molar refractivity (Wildman–Crippen MR) is 75.2 cm³/mol. The van der Waals surface area contributed by atoms with Gasteiger partial charge >= 0.3 is 0 Å². The van der Waals surface area contributed by atoms with Crippen molar-refractivity contribution < 1.29 is 4.79 Å². The molecule has 5 heteroatoms. The zero-order valence-electron chi connectivity index (χ0n) is 12.2. The van der Waals surface area contributed by atoms with E-state index in [1.54, 1.807) is 6.92 Å². The standard InChI is InChI=1S/C14H22N4O/c1-10-9-11(2)16-14(15-10)18-7-5-13(6-8-18)17(4)12(3)19/h9,13H,5-8H2,1-4H3. The zero-order chi connectivity index (χ0) is 14.0. The first-order valence-corrected chi connectivity index (χ1v) is 6.78. The Kier molecular flexibility index (Phi) is 4.02. The summed E-state index contributed by atoms with van der Waals surface area (Å²) in [6.45, 7) is 7.43. The SMILES string of the molecule is CC(=O)N(C)C1CCN(c2nc(C)cc(C)n2)CC1. The first kappa shape index (κ1) is 13.8. The lowest BCUT2D eigenvalue weighted by Crippen LogP contribution is -2.45. The number of carbonyl (C=O) groups is 1. The number of aromatic nitrogens is 2. The van der Waals surface area contributed by atoms with Crippen molar-refractivity contribution in [2.45, 2.75) is 39.7 Å². The van der Waals surface area contributed by atoms with Gasteiger partial charge in [-0.05, 0) is 32.8 Å². The van der Waals surface area contributed by atoms with Crippen molar-refractivity contribution in [1.82, 2.24) is 14.9 Å². The minimum atomic E-state index is 0.140.